The molecule has 0 unspecified atom stereocenters. The molecule has 0 bridgehead atoms. The SMILES string of the molecule is CN1CCN(c2ccnc3nc(-c4[nH]nc5c(F)cc(-c6cncc(CN7CCCCC7)c6)cc45)[nH]c23)CC1. The lowest BCUT2D eigenvalue weighted by Crippen LogP contribution is -2.44. The normalized spacial score (nSPS) is 17.4. The zero-order chi connectivity index (χ0) is 26.3. The Bertz CT molecular complexity index is 1630. The second-order valence-corrected chi connectivity index (χ2v) is 10.8. The van der Waals surface area contributed by atoms with E-state index in [9.17, 15) is 0 Å². The molecule has 2 aliphatic heterocycles. The third-order valence-electron chi connectivity index (χ3n) is 8.05. The maximum absolute atomic E-state index is 15.3. The molecular formula is C29H32FN9. The number of piperidine rings is 1. The van der Waals surface area contributed by atoms with Crippen molar-refractivity contribution in [3.63, 3.8) is 0 Å². The van der Waals surface area contributed by atoms with Gasteiger partial charge in [0.25, 0.3) is 0 Å². The van der Waals surface area contributed by atoms with E-state index in [1.807, 2.05) is 18.3 Å². The molecule has 0 spiro atoms. The fourth-order valence-electron chi connectivity index (χ4n) is 5.86. The Morgan fingerprint density at radius 2 is 1.79 bits per heavy atom. The molecule has 2 saturated heterocycles. The van der Waals surface area contributed by atoms with Crippen LogP contribution in [0.1, 0.15) is 24.8 Å². The van der Waals surface area contributed by atoms with Crippen LogP contribution in [0.2, 0.25) is 0 Å². The van der Waals surface area contributed by atoms with E-state index in [-0.39, 0.29) is 5.82 Å². The van der Waals surface area contributed by atoms with Gasteiger partial charge in [0.05, 0.1) is 5.69 Å². The van der Waals surface area contributed by atoms with Crippen LogP contribution in [0.5, 0.6) is 0 Å². The lowest BCUT2D eigenvalue weighted by molar-refractivity contribution is 0.220. The van der Waals surface area contributed by atoms with Gasteiger partial charge in [-0.15, -0.1) is 0 Å². The number of imidazole rings is 1. The molecule has 6 heterocycles. The average Bonchev–Trinajstić information content (AvgIpc) is 3.59. The van der Waals surface area contributed by atoms with Crippen LogP contribution in [-0.2, 0) is 6.54 Å². The van der Waals surface area contributed by atoms with Crippen LogP contribution in [0.15, 0.2) is 42.9 Å². The topological polar surface area (TPSA) is 92.9 Å². The molecule has 0 atom stereocenters. The molecule has 7 rings (SSSR count). The Labute approximate surface area is 226 Å². The van der Waals surface area contributed by atoms with E-state index in [1.165, 1.54) is 19.3 Å². The van der Waals surface area contributed by atoms with Crippen molar-refractivity contribution in [3.8, 4) is 22.6 Å². The number of benzene rings is 1. The minimum Gasteiger partial charge on any atom is -0.367 e. The van der Waals surface area contributed by atoms with Crippen molar-refractivity contribution < 1.29 is 4.39 Å². The fourth-order valence-corrected chi connectivity index (χ4v) is 5.86. The van der Waals surface area contributed by atoms with Crippen LogP contribution >= 0.6 is 0 Å². The highest BCUT2D eigenvalue weighted by molar-refractivity contribution is 5.97. The van der Waals surface area contributed by atoms with Gasteiger partial charge < -0.3 is 14.8 Å². The van der Waals surface area contributed by atoms with Crippen LogP contribution in [0.3, 0.4) is 0 Å². The smallest absolute Gasteiger partial charge is 0.180 e. The van der Waals surface area contributed by atoms with Gasteiger partial charge in [-0.25, -0.2) is 14.4 Å². The Kier molecular flexibility index (Phi) is 6.21. The minimum absolute atomic E-state index is 0.291. The lowest BCUT2D eigenvalue weighted by Gasteiger charge is -2.34. The largest absolute Gasteiger partial charge is 0.367 e. The number of halogens is 1. The first-order valence-corrected chi connectivity index (χ1v) is 13.8. The summed E-state index contributed by atoms with van der Waals surface area (Å²) in [7, 11) is 2.14. The third kappa shape index (κ3) is 4.63. The number of hydrogen-bond donors (Lipinski definition) is 2. The standard InChI is InChI=1S/C29H32FN9/c1-37-9-11-39(12-10-37)24-5-6-32-28-27(24)33-29(34-28)26-22-14-20(15-23(30)25(22)35-36-26)21-13-19(16-31-17-21)18-38-7-3-2-4-8-38/h5-6,13-17H,2-4,7-12,18H2,1H3,(H,35,36)(H,32,33,34). The molecule has 2 fully saturated rings. The highest BCUT2D eigenvalue weighted by atomic mass is 19.1. The number of piperazine rings is 1. The molecule has 1 aromatic carbocycles. The van der Waals surface area contributed by atoms with E-state index < -0.39 is 0 Å². The van der Waals surface area contributed by atoms with Crippen molar-refractivity contribution in [2.45, 2.75) is 25.8 Å². The Morgan fingerprint density at radius 3 is 2.64 bits per heavy atom. The first-order valence-electron chi connectivity index (χ1n) is 13.8. The maximum atomic E-state index is 15.3. The first kappa shape index (κ1) is 24.2. The van der Waals surface area contributed by atoms with E-state index in [4.69, 9.17) is 4.98 Å². The fraction of sp³-hybridized carbons (Fsp3) is 0.379. The van der Waals surface area contributed by atoms with Gasteiger partial charge in [-0.1, -0.05) is 6.42 Å². The number of likely N-dealkylation sites (tertiary alicyclic amines) is 1. The molecule has 0 saturated carbocycles. The predicted octanol–water partition coefficient (Wildman–Crippen LogP) is 4.44. The van der Waals surface area contributed by atoms with E-state index in [1.54, 1.807) is 18.5 Å². The third-order valence-corrected chi connectivity index (χ3v) is 8.05. The van der Waals surface area contributed by atoms with Crippen molar-refractivity contribution in [2.75, 3.05) is 51.2 Å². The summed E-state index contributed by atoms with van der Waals surface area (Å²) in [5, 5.41) is 8.00. The summed E-state index contributed by atoms with van der Waals surface area (Å²) >= 11 is 0. The first-order chi connectivity index (χ1) is 19.1. The molecule has 2 aliphatic rings. The summed E-state index contributed by atoms with van der Waals surface area (Å²) in [5.74, 6) is 0.217. The summed E-state index contributed by atoms with van der Waals surface area (Å²) in [4.78, 5) is 24.4. The lowest BCUT2D eigenvalue weighted by atomic mass is 10.0. The van der Waals surface area contributed by atoms with Crippen LogP contribution in [0, 0.1) is 5.82 Å². The zero-order valence-electron chi connectivity index (χ0n) is 22.1. The second-order valence-electron chi connectivity index (χ2n) is 10.8. The summed E-state index contributed by atoms with van der Waals surface area (Å²) in [6, 6.07) is 7.67. The minimum atomic E-state index is -0.376. The number of nitrogens with one attached hydrogen (secondary N) is 2. The molecule has 0 amide bonds. The Hall–Kier alpha value is -3.89. The van der Waals surface area contributed by atoms with E-state index in [2.05, 4.69) is 53.0 Å². The number of likely N-dealkylation sites (N-methyl/N-ethyl adjacent to an activating group) is 1. The number of fused-ring (bicyclic) bond motifs is 2. The Balaban J connectivity index is 1.25. The molecule has 4 aromatic heterocycles. The van der Waals surface area contributed by atoms with Gasteiger partial charge >= 0.3 is 0 Å². The number of rotatable bonds is 5. The van der Waals surface area contributed by atoms with E-state index >= 15 is 4.39 Å². The maximum Gasteiger partial charge on any atom is 0.180 e. The molecule has 5 aromatic rings. The Morgan fingerprint density at radius 1 is 0.949 bits per heavy atom. The van der Waals surface area contributed by atoms with E-state index in [0.29, 0.717) is 28.1 Å². The van der Waals surface area contributed by atoms with E-state index in [0.717, 1.165) is 73.7 Å². The number of nitrogens with zero attached hydrogens (tertiary/aromatic N) is 7. The van der Waals surface area contributed by atoms with Gasteiger partial charge in [0.15, 0.2) is 17.3 Å². The van der Waals surface area contributed by atoms with Crippen molar-refractivity contribution in [1.29, 1.82) is 0 Å². The van der Waals surface area contributed by atoms with Crippen molar-refractivity contribution in [1.82, 2.24) is 39.9 Å². The number of anilines is 1. The van der Waals surface area contributed by atoms with Crippen LogP contribution in [0.4, 0.5) is 10.1 Å². The average molecular weight is 526 g/mol. The molecule has 2 N–H and O–H groups in total. The number of aromatic amines is 2. The number of aromatic nitrogens is 6. The van der Waals surface area contributed by atoms with Crippen molar-refractivity contribution in [2.24, 2.45) is 0 Å². The monoisotopic (exact) mass is 525 g/mol. The summed E-state index contributed by atoms with van der Waals surface area (Å²) in [6.07, 6.45) is 9.30. The molecule has 0 aliphatic carbocycles. The van der Waals surface area contributed by atoms with Crippen LogP contribution in [-0.4, -0.2) is 86.2 Å². The molecular weight excluding hydrogens is 493 g/mol. The molecule has 39 heavy (non-hydrogen) atoms. The number of H-pyrrole nitrogens is 2. The van der Waals surface area contributed by atoms with Gasteiger partial charge in [-0.2, -0.15) is 5.10 Å². The van der Waals surface area contributed by atoms with Crippen LogP contribution < -0.4 is 4.90 Å². The number of pyridine rings is 2. The summed E-state index contributed by atoms with van der Waals surface area (Å²) in [6.45, 7) is 6.99. The van der Waals surface area contributed by atoms with Crippen molar-refractivity contribution >= 4 is 27.8 Å². The summed E-state index contributed by atoms with van der Waals surface area (Å²) in [5.41, 5.74) is 6.33. The van der Waals surface area contributed by atoms with Gasteiger partial charge in [-0.3, -0.25) is 15.0 Å². The zero-order valence-corrected chi connectivity index (χ0v) is 22.1. The highest BCUT2D eigenvalue weighted by Gasteiger charge is 2.21. The van der Waals surface area contributed by atoms with Gasteiger partial charge in [0, 0.05) is 62.3 Å². The van der Waals surface area contributed by atoms with Crippen molar-refractivity contribution in [3.05, 3.63) is 54.2 Å². The van der Waals surface area contributed by atoms with Gasteiger partial charge in [0.2, 0.25) is 0 Å². The highest BCUT2D eigenvalue weighted by Crippen LogP contribution is 2.34. The quantitative estimate of drug-likeness (QED) is 0.350. The number of hydrogen-bond acceptors (Lipinski definition) is 7. The second kappa shape index (κ2) is 10.0. The van der Waals surface area contributed by atoms with Gasteiger partial charge in [0.1, 0.15) is 16.7 Å². The van der Waals surface area contributed by atoms with Gasteiger partial charge in [-0.05, 0) is 68.4 Å². The molecule has 9 nitrogen and oxygen atoms in total. The molecule has 10 heteroatoms. The summed E-state index contributed by atoms with van der Waals surface area (Å²) < 4.78 is 15.3. The van der Waals surface area contributed by atoms with Crippen LogP contribution in [0.25, 0.3) is 44.7 Å². The molecule has 200 valence electrons. The predicted molar refractivity (Wildman–Crippen MR) is 151 cm³/mol. The molecule has 0 radical (unpaired) electrons.